The molecule has 0 saturated heterocycles. The minimum Gasteiger partial charge on any atom is -0.480 e. The van der Waals surface area contributed by atoms with E-state index in [0.29, 0.717) is 11.5 Å². The third-order valence-electron chi connectivity index (χ3n) is 2.70. The topological polar surface area (TPSA) is 136 Å². The maximum atomic E-state index is 11.7. The van der Waals surface area contributed by atoms with Crippen LogP contribution in [-0.4, -0.2) is 39.8 Å². The van der Waals surface area contributed by atoms with Crippen molar-refractivity contribution in [3.63, 3.8) is 0 Å². The predicted molar refractivity (Wildman–Crippen MR) is 75.5 cm³/mol. The van der Waals surface area contributed by atoms with Gasteiger partial charge >= 0.3 is 5.97 Å². The highest BCUT2D eigenvalue weighted by atomic mass is 32.2. The molecule has 9 heteroatoms. The van der Waals surface area contributed by atoms with Crippen molar-refractivity contribution in [1.82, 2.24) is 10.5 Å². The molecule has 0 aliphatic heterocycles. The Kier molecular flexibility index (Phi) is 6.22. The Morgan fingerprint density at radius 2 is 2.10 bits per heavy atom. The normalized spacial score (nSPS) is 11.9. The molecule has 4 N–H and O–H groups in total. The van der Waals surface area contributed by atoms with Crippen LogP contribution >= 0.6 is 11.8 Å². The van der Waals surface area contributed by atoms with E-state index in [1.165, 1.54) is 11.8 Å². The highest BCUT2D eigenvalue weighted by Crippen LogP contribution is 2.19. The van der Waals surface area contributed by atoms with E-state index in [-0.39, 0.29) is 5.75 Å². The molecule has 0 bridgehead atoms. The summed E-state index contributed by atoms with van der Waals surface area (Å²) in [7, 11) is 0. The van der Waals surface area contributed by atoms with Crippen LogP contribution in [0.5, 0.6) is 0 Å². The van der Waals surface area contributed by atoms with Crippen LogP contribution in [0.4, 0.5) is 0 Å². The number of hydrogen-bond acceptors (Lipinski definition) is 6. The van der Waals surface area contributed by atoms with Crippen LogP contribution in [0.2, 0.25) is 0 Å². The lowest BCUT2D eigenvalue weighted by Crippen LogP contribution is -2.44. The number of aryl methyl sites for hydroxylation is 2. The zero-order chi connectivity index (χ0) is 16.0. The number of nitrogens with two attached hydrogens (primary N) is 1. The molecule has 0 unspecified atom stereocenters. The van der Waals surface area contributed by atoms with Crippen LogP contribution in [-0.2, 0) is 20.1 Å². The lowest BCUT2D eigenvalue weighted by molar-refractivity contribution is -0.143. The fourth-order valence-electron chi connectivity index (χ4n) is 1.59. The van der Waals surface area contributed by atoms with Gasteiger partial charge in [0.25, 0.3) is 0 Å². The molecule has 0 spiro atoms. The van der Waals surface area contributed by atoms with Crippen molar-refractivity contribution in [2.75, 3.05) is 5.75 Å². The van der Waals surface area contributed by atoms with Crippen molar-refractivity contribution in [2.24, 2.45) is 5.73 Å². The number of hydrogen-bond donors (Lipinski definition) is 3. The number of amides is 2. The second kappa shape index (κ2) is 7.67. The SMILES string of the molecule is Cc1noc(C)c1CSCC(=O)N[C@@H](CC(N)=O)C(=O)O. The molecule has 21 heavy (non-hydrogen) atoms. The van der Waals surface area contributed by atoms with Gasteiger partial charge in [-0.05, 0) is 13.8 Å². The van der Waals surface area contributed by atoms with Gasteiger partial charge in [0.05, 0.1) is 17.9 Å². The first kappa shape index (κ1) is 17.0. The van der Waals surface area contributed by atoms with Gasteiger partial charge in [-0.3, -0.25) is 9.59 Å². The highest BCUT2D eigenvalue weighted by molar-refractivity contribution is 7.99. The number of carbonyl (C=O) groups excluding carboxylic acids is 2. The monoisotopic (exact) mass is 315 g/mol. The van der Waals surface area contributed by atoms with Crippen LogP contribution in [0, 0.1) is 13.8 Å². The average molecular weight is 315 g/mol. The summed E-state index contributed by atoms with van der Waals surface area (Å²) in [5, 5.41) is 14.9. The molecule has 0 saturated carbocycles. The Bertz CT molecular complexity index is 523. The highest BCUT2D eigenvalue weighted by Gasteiger charge is 2.22. The van der Waals surface area contributed by atoms with E-state index in [1.807, 2.05) is 0 Å². The van der Waals surface area contributed by atoms with E-state index in [4.69, 9.17) is 15.4 Å². The van der Waals surface area contributed by atoms with Crippen molar-refractivity contribution in [3.05, 3.63) is 17.0 Å². The van der Waals surface area contributed by atoms with Gasteiger partial charge in [-0.25, -0.2) is 4.79 Å². The van der Waals surface area contributed by atoms with E-state index in [9.17, 15) is 14.4 Å². The van der Waals surface area contributed by atoms with Gasteiger partial charge in [0, 0.05) is 11.3 Å². The number of primary amides is 1. The van der Waals surface area contributed by atoms with Gasteiger partial charge in [-0.15, -0.1) is 11.8 Å². The fraction of sp³-hybridized carbons (Fsp3) is 0.500. The van der Waals surface area contributed by atoms with Crippen molar-refractivity contribution in [2.45, 2.75) is 32.1 Å². The van der Waals surface area contributed by atoms with Gasteiger partial charge in [0.15, 0.2) is 0 Å². The summed E-state index contributed by atoms with van der Waals surface area (Å²) < 4.78 is 5.00. The predicted octanol–water partition coefficient (Wildman–Crippen LogP) is -0.0306. The molecule has 1 atom stereocenters. The second-order valence-corrected chi connectivity index (χ2v) is 5.41. The Morgan fingerprint density at radius 1 is 1.43 bits per heavy atom. The number of nitrogens with one attached hydrogen (secondary N) is 1. The lowest BCUT2D eigenvalue weighted by Gasteiger charge is -2.12. The van der Waals surface area contributed by atoms with Gasteiger partial charge in [0.2, 0.25) is 11.8 Å². The molecule has 2 amide bonds. The summed E-state index contributed by atoms with van der Waals surface area (Å²) in [4.78, 5) is 33.2. The van der Waals surface area contributed by atoms with Gasteiger partial charge in [-0.2, -0.15) is 0 Å². The third-order valence-corrected chi connectivity index (χ3v) is 3.66. The number of aliphatic carboxylic acids is 1. The van der Waals surface area contributed by atoms with Crippen LogP contribution in [0.1, 0.15) is 23.4 Å². The molecule has 116 valence electrons. The Hall–Kier alpha value is -2.03. The van der Waals surface area contributed by atoms with E-state index in [1.54, 1.807) is 13.8 Å². The summed E-state index contributed by atoms with van der Waals surface area (Å²) in [6.45, 7) is 3.59. The first-order chi connectivity index (χ1) is 9.81. The second-order valence-electron chi connectivity index (χ2n) is 4.42. The first-order valence-electron chi connectivity index (χ1n) is 6.11. The molecule has 1 rings (SSSR count). The van der Waals surface area contributed by atoms with Crippen LogP contribution in [0.15, 0.2) is 4.52 Å². The number of nitrogens with zero attached hydrogens (tertiary/aromatic N) is 1. The quantitative estimate of drug-likeness (QED) is 0.613. The molecule has 0 aromatic carbocycles. The number of carbonyl (C=O) groups is 3. The zero-order valence-corrected chi connectivity index (χ0v) is 12.5. The van der Waals surface area contributed by atoms with Gasteiger partial charge in [-0.1, -0.05) is 5.16 Å². The van der Waals surface area contributed by atoms with Gasteiger partial charge < -0.3 is 20.7 Å². The number of carboxylic acid groups (broad SMARTS) is 1. The Balaban J connectivity index is 2.43. The molecule has 1 aromatic heterocycles. The molecule has 8 nitrogen and oxygen atoms in total. The largest absolute Gasteiger partial charge is 0.480 e. The van der Waals surface area contributed by atoms with Crippen molar-refractivity contribution in [1.29, 1.82) is 0 Å². The minimum atomic E-state index is -1.30. The lowest BCUT2D eigenvalue weighted by atomic mass is 10.2. The van der Waals surface area contributed by atoms with E-state index >= 15 is 0 Å². The van der Waals surface area contributed by atoms with Crippen molar-refractivity contribution in [3.8, 4) is 0 Å². The Morgan fingerprint density at radius 3 is 2.57 bits per heavy atom. The summed E-state index contributed by atoms with van der Waals surface area (Å²) in [5.41, 5.74) is 6.61. The van der Waals surface area contributed by atoms with Crippen molar-refractivity contribution >= 4 is 29.5 Å². The van der Waals surface area contributed by atoms with Crippen molar-refractivity contribution < 1.29 is 24.0 Å². The smallest absolute Gasteiger partial charge is 0.326 e. The van der Waals surface area contributed by atoms with E-state index in [2.05, 4.69) is 10.5 Å². The molecule has 0 fully saturated rings. The Labute approximate surface area is 125 Å². The number of aromatic nitrogens is 1. The fourth-order valence-corrected chi connectivity index (χ4v) is 2.58. The molecule has 0 aliphatic carbocycles. The van der Waals surface area contributed by atoms with E-state index in [0.717, 1.165) is 11.3 Å². The maximum Gasteiger partial charge on any atom is 0.326 e. The van der Waals surface area contributed by atoms with E-state index < -0.39 is 30.2 Å². The molecule has 1 heterocycles. The third kappa shape index (κ3) is 5.46. The molecular weight excluding hydrogens is 298 g/mol. The molecular formula is C12H17N3O5S. The number of thioether (sulfide) groups is 1. The molecule has 1 aromatic rings. The molecule has 0 radical (unpaired) electrons. The molecule has 0 aliphatic rings. The van der Waals surface area contributed by atoms with Crippen LogP contribution in [0.25, 0.3) is 0 Å². The maximum absolute atomic E-state index is 11.7. The van der Waals surface area contributed by atoms with Gasteiger partial charge in [0.1, 0.15) is 11.8 Å². The number of carboxylic acids is 1. The summed E-state index contributed by atoms with van der Waals surface area (Å²) in [6.07, 6.45) is -0.435. The zero-order valence-electron chi connectivity index (χ0n) is 11.7. The summed E-state index contributed by atoms with van der Waals surface area (Å²) in [5.74, 6) is -1.27. The number of rotatable bonds is 8. The summed E-state index contributed by atoms with van der Waals surface area (Å²) >= 11 is 1.30. The average Bonchev–Trinajstić information content (AvgIpc) is 2.69. The minimum absolute atomic E-state index is 0.0621. The summed E-state index contributed by atoms with van der Waals surface area (Å²) in [6, 6.07) is -1.30. The van der Waals surface area contributed by atoms with Crippen LogP contribution < -0.4 is 11.1 Å². The standard InChI is InChI=1S/C12H17N3O5S/c1-6-8(7(2)20-15-6)4-21-5-11(17)14-9(12(18)19)3-10(13)16/h9H,3-5H2,1-2H3,(H2,13,16)(H,14,17)(H,18,19)/t9-/m0/s1. The van der Waals surface area contributed by atoms with Crippen LogP contribution in [0.3, 0.4) is 0 Å². The first-order valence-corrected chi connectivity index (χ1v) is 7.26.